The number of nitrogens with zero attached hydrogens (tertiary/aromatic N) is 3. The Balaban J connectivity index is 1.53. The van der Waals surface area contributed by atoms with Crippen LogP contribution in [0.2, 0.25) is 0 Å². The average Bonchev–Trinajstić information content (AvgIpc) is 2.84. The normalized spacial score (nSPS) is 11.1. The Kier molecular flexibility index (Phi) is 7.21. The third-order valence-corrected chi connectivity index (χ3v) is 6.15. The van der Waals surface area contributed by atoms with Crippen LogP contribution >= 0.6 is 27.7 Å². The molecule has 0 aliphatic heterocycles. The summed E-state index contributed by atoms with van der Waals surface area (Å²) in [5.41, 5.74) is 4.39. The van der Waals surface area contributed by atoms with Crippen molar-refractivity contribution in [2.24, 2.45) is 5.10 Å². The van der Waals surface area contributed by atoms with Gasteiger partial charge in [-0.15, -0.1) is 0 Å². The summed E-state index contributed by atoms with van der Waals surface area (Å²) in [7, 11) is 1.60. The molecule has 7 nitrogen and oxygen atoms in total. The first-order valence-corrected chi connectivity index (χ1v) is 11.7. The molecule has 4 aromatic rings. The zero-order valence-electron chi connectivity index (χ0n) is 17.6. The summed E-state index contributed by atoms with van der Waals surface area (Å²) in [5.74, 6) is 0.475. The molecule has 0 atom stereocenters. The number of benzene rings is 3. The predicted molar refractivity (Wildman–Crippen MR) is 134 cm³/mol. The van der Waals surface area contributed by atoms with Crippen LogP contribution in [0.4, 0.5) is 0 Å². The maximum Gasteiger partial charge on any atom is 0.266 e. The quantitative estimate of drug-likeness (QED) is 0.168. The number of nitrogens with one attached hydrogen (secondary N) is 1. The smallest absolute Gasteiger partial charge is 0.266 e. The summed E-state index contributed by atoms with van der Waals surface area (Å²) in [5, 5.41) is 4.93. The number of fused-ring (bicyclic) bond motifs is 1. The first kappa shape index (κ1) is 22.8. The Labute approximate surface area is 202 Å². The van der Waals surface area contributed by atoms with Crippen molar-refractivity contribution >= 4 is 50.7 Å². The summed E-state index contributed by atoms with van der Waals surface area (Å²) in [4.78, 5) is 30.2. The second kappa shape index (κ2) is 10.5. The SMILES string of the molecule is COc1ccc(/C=N\NC(=O)CSc2nc3ccccc3c(=O)n2-c2ccc(Br)cc2)cc1. The second-order valence-corrected chi connectivity index (χ2v) is 8.74. The number of halogens is 1. The summed E-state index contributed by atoms with van der Waals surface area (Å²) in [6, 6.07) is 21.8. The van der Waals surface area contributed by atoms with Crippen molar-refractivity contribution in [3.8, 4) is 11.4 Å². The number of hydrogen-bond donors (Lipinski definition) is 1. The van der Waals surface area contributed by atoms with Crippen LogP contribution < -0.4 is 15.7 Å². The number of amides is 1. The van der Waals surface area contributed by atoms with E-state index in [0.717, 1.165) is 15.8 Å². The summed E-state index contributed by atoms with van der Waals surface area (Å²) in [6.07, 6.45) is 1.55. The zero-order valence-corrected chi connectivity index (χ0v) is 20.0. The summed E-state index contributed by atoms with van der Waals surface area (Å²) >= 11 is 4.58. The van der Waals surface area contributed by atoms with E-state index in [1.54, 1.807) is 31.5 Å². The van der Waals surface area contributed by atoms with Crippen molar-refractivity contribution < 1.29 is 9.53 Å². The Morgan fingerprint density at radius 1 is 1.12 bits per heavy atom. The van der Waals surface area contributed by atoms with Gasteiger partial charge in [-0.2, -0.15) is 5.10 Å². The number of thioether (sulfide) groups is 1. The lowest BCUT2D eigenvalue weighted by Gasteiger charge is -2.13. The number of methoxy groups -OCH3 is 1. The lowest BCUT2D eigenvalue weighted by molar-refractivity contribution is -0.118. The van der Waals surface area contributed by atoms with E-state index in [1.165, 1.54) is 16.3 Å². The number of para-hydroxylation sites is 1. The van der Waals surface area contributed by atoms with Gasteiger partial charge >= 0.3 is 0 Å². The maximum atomic E-state index is 13.2. The summed E-state index contributed by atoms with van der Waals surface area (Å²) < 4.78 is 7.54. The van der Waals surface area contributed by atoms with Crippen molar-refractivity contribution in [1.29, 1.82) is 0 Å². The molecule has 4 rings (SSSR count). The molecule has 0 saturated carbocycles. The van der Waals surface area contributed by atoms with Crippen molar-refractivity contribution in [1.82, 2.24) is 15.0 Å². The molecule has 1 amide bonds. The van der Waals surface area contributed by atoms with E-state index in [1.807, 2.05) is 54.6 Å². The number of aromatic nitrogens is 2. The van der Waals surface area contributed by atoms with Gasteiger partial charge in [0.15, 0.2) is 5.16 Å². The molecule has 0 saturated heterocycles. The van der Waals surface area contributed by atoms with E-state index < -0.39 is 0 Å². The molecule has 1 heterocycles. The first-order chi connectivity index (χ1) is 16.0. The van der Waals surface area contributed by atoms with Gasteiger partial charge in [0.25, 0.3) is 11.5 Å². The maximum absolute atomic E-state index is 13.2. The van der Waals surface area contributed by atoms with E-state index in [2.05, 4.69) is 31.4 Å². The predicted octanol–water partition coefficient (Wildman–Crippen LogP) is 4.40. The van der Waals surface area contributed by atoms with Crippen molar-refractivity contribution in [2.75, 3.05) is 12.9 Å². The monoisotopic (exact) mass is 522 g/mol. The molecule has 0 unspecified atom stereocenters. The molecule has 0 spiro atoms. The molecule has 9 heteroatoms. The van der Waals surface area contributed by atoms with Gasteiger partial charge < -0.3 is 4.74 Å². The number of rotatable bonds is 7. The van der Waals surface area contributed by atoms with Crippen LogP contribution in [0.5, 0.6) is 5.75 Å². The Morgan fingerprint density at radius 3 is 2.58 bits per heavy atom. The third-order valence-electron chi connectivity index (χ3n) is 4.68. The van der Waals surface area contributed by atoms with Gasteiger partial charge in [0, 0.05) is 4.47 Å². The van der Waals surface area contributed by atoms with E-state index in [0.29, 0.717) is 21.7 Å². The van der Waals surface area contributed by atoms with Gasteiger partial charge in [0.1, 0.15) is 5.75 Å². The number of carbonyl (C=O) groups excluding carboxylic acids is 1. The standard InChI is InChI=1S/C24H19BrN4O3S/c1-32-19-12-6-16(7-13-19)14-26-28-22(30)15-33-24-27-21-5-3-2-4-20(21)23(31)29(24)18-10-8-17(25)9-11-18/h2-14H,15H2,1H3,(H,28,30)/b26-14-. The molecule has 1 N–H and O–H groups in total. The minimum atomic E-state index is -0.311. The van der Waals surface area contributed by atoms with Crippen LogP contribution in [-0.2, 0) is 4.79 Å². The minimum absolute atomic E-state index is 0.0429. The van der Waals surface area contributed by atoms with Gasteiger partial charge in [-0.3, -0.25) is 14.2 Å². The minimum Gasteiger partial charge on any atom is -0.497 e. The molecule has 3 aromatic carbocycles. The van der Waals surface area contributed by atoms with Crippen LogP contribution in [0.15, 0.2) is 92.3 Å². The van der Waals surface area contributed by atoms with Gasteiger partial charge in [-0.25, -0.2) is 10.4 Å². The lowest BCUT2D eigenvalue weighted by Crippen LogP contribution is -2.24. The van der Waals surface area contributed by atoms with Gasteiger partial charge in [-0.05, 0) is 66.2 Å². The molecule has 0 bridgehead atoms. The number of carbonyl (C=O) groups is 1. The molecule has 0 radical (unpaired) electrons. The fourth-order valence-corrected chi connectivity index (χ4v) is 4.13. The molecule has 1 aromatic heterocycles. The van der Waals surface area contributed by atoms with E-state index in [9.17, 15) is 9.59 Å². The zero-order chi connectivity index (χ0) is 23.2. The van der Waals surface area contributed by atoms with Crippen molar-refractivity contribution in [2.45, 2.75) is 5.16 Å². The number of hydrazone groups is 1. The fraction of sp³-hybridized carbons (Fsp3) is 0.0833. The third kappa shape index (κ3) is 5.50. The molecule has 0 fully saturated rings. The van der Waals surface area contributed by atoms with Crippen molar-refractivity contribution in [3.63, 3.8) is 0 Å². The highest BCUT2D eigenvalue weighted by Gasteiger charge is 2.14. The second-order valence-electron chi connectivity index (χ2n) is 6.88. The van der Waals surface area contributed by atoms with Crippen LogP contribution in [0, 0.1) is 0 Å². The average molecular weight is 523 g/mol. The number of ether oxygens (including phenoxy) is 1. The van der Waals surface area contributed by atoms with E-state index in [4.69, 9.17) is 4.74 Å². The highest BCUT2D eigenvalue weighted by atomic mass is 79.9. The molecule has 166 valence electrons. The lowest BCUT2D eigenvalue weighted by atomic mass is 10.2. The Hall–Kier alpha value is -3.43. The van der Waals surface area contributed by atoms with Crippen LogP contribution in [-0.4, -0.2) is 34.5 Å². The molecule has 33 heavy (non-hydrogen) atoms. The molecule has 0 aliphatic rings. The van der Waals surface area contributed by atoms with E-state index in [-0.39, 0.29) is 17.2 Å². The molecular formula is C24H19BrN4O3S. The van der Waals surface area contributed by atoms with Crippen molar-refractivity contribution in [3.05, 3.63) is 93.2 Å². The number of hydrogen-bond acceptors (Lipinski definition) is 6. The van der Waals surface area contributed by atoms with Crippen LogP contribution in [0.1, 0.15) is 5.56 Å². The topological polar surface area (TPSA) is 85.6 Å². The van der Waals surface area contributed by atoms with E-state index >= 15 is 0 Å². The van der Waals surface area contributed by atoms with Crippen LogP contribution in [0.25, 0.3) is 16.6 Å². The fourth-order valence-electron chi connectivity index (χ4n) is 3.06. The highest BCUT2D eigenvalue weighted by Crippen LogP contribution is 2.22. The van der Waals surface area contributed by atoms with Gasteiger partial charge in [0.2, 0.25) is 0 Å². The Bertz CT molecular complexity index is 1370. The van der Waals surface area contributed by atoms with Crippen LogP contribution in [0.3, 0.4) is 0 Å². The van der Waals surface area contributed by atoms with Gasteiger partial charge in [-0.1, -0.05) is 39.8 Å². The Morgan fingerprint density at radius 2 is 1.85 bits per heavy atom. The first-order valence-electron chi connectivity index (χ1n) is 9.91. The molecular weight excluding hydrogens is 504 g/mol. The highest BCUT2D eigenvalue weighted by molar-refractivity contribution is 9.10. The largest absolute Gasteiger partial charge is 0.497 e. The van der Waals surface area contributed by atoms with Gasteiger partial charge in [0.05, 0.1) is 35.7 Å². The molecule has 0 aliphatic carbocycles. The summed E-state index contributed by atoms with van der Waals surface area (Å²) in [6.45, 7) is 0.